The van der Waals surface area contributed by atoms with Gasteiger partial charge in [-0.05, 0) is 37.0 Å². The number of nitrogens with two attached hydrogens (primary N) is 1. The summed E-state index contributed by atoms with van der Waals surface area (Å²) in [6, 6.07) is 5.88. The van der Waals surface area contributed by atoms with Gasteiger partial charge in [-0.2, -0.15) is 15.2 Å². The Morgan fingerprint density at radius 1 is 1.26 bits per heavy atom. The summed E-state index contributed by atoms with van der Waals surface area (Å²) in [6.07, 6.45) is 1.45. The number of carbonyl (C=O) groups excluding carboxylic acids is 1. The number of aromatic nitrogens is 2. The fourth-order valence-corrected chi connectivity index (χ4v) is 7.90. The molecule has 2 atom stereocenters. The molecule has 14 heteroatoms. The summed E-state index contributed by atoms with van der Waals surface area (Å²) >= 11 is 7.61. The monoisotopic (exact) mass is 630 g/mol. The van der Waals surface area contributed by atoms with Crippen molar-refractivity contribution in [1.29, 1.82) is 5.26 Å². The number of likely N-dealkylation sites (tertiary alicyclic amines) is 1. The zero-order valence-corrected chi connectivity index (χ0v) is 24.3. The van der Waals surface area contributed by atoms with Crippen molar-refractivity contribution in [2.75, 3.05) is 37.4 Å². The van der Waals surface area contributed by atoms with Gasteiger partial charge in [0.2, 0.25) is 5.91 Å². The van der Waals surface area contributed by atoms with Crippen molar-refractivity contribution in [1.82, 2.24) is 14.9 Å². The first-order valence-corrected chi connectivity index (χ1v) is 14.8. The van der Waals surface area contributed by atoms with E-state index in [4.69, 9.17) is 22.1 Å². The second-order valence-electron chi connectivity index (χ2n) is 11.2. The van der Waals surface area contributed by atoms with E-state index in [9.17, 15) is 23.2 Å². The standard InChI is InChI=1S/C29H23ClF4N6O2S/c1-42-27-37-22-14(9-17(30)20(21(22)32)13-3-4-18(31)23-19(13)15(11-35)24(36)43-23)25(38-27)39-8-6-28(12-39)5-2-7-40(28)26(41)16-10-29(16,33)34/h3-4,9,16H,2,5-8,10,12,36H2,1H3. The number of benzene rings is 2. The van der Waals surface area contributed by atoms with Crippen LogP contribution in [-0.2, 0) is 4.79 Å². The number of anilines is 2. The van der Waals surface area contributed by atoms with Gasteiger partial charge in [-0.15, -0.1) is 11.3 Å². The fraction of sp³-hybridized carbons (Fsp3) is 0.379. The highest BCUT2D eigenvalue weighted by Crippen LogP contribution is 2.52. The molecule has 3 fully saturated rings. The van der Waals surface area contributed by atoms with Gasteiger partial charge in [-0.25, -0.2) is 17.6 Å². The van der Waals surface area contributed by atoms with Crippen molar-refractivity contribution >= 4 is 60.7 Å². The Kier molecular flexibility index (Phi) is 6.20. The molecule has 0 radical (unpaired) electrons. The maximum absolute atomic E-state index is 16.5. The molecule has 1 aliphatic carbocycles. The van der Waals surface area contributed by atoms with Gasteiger partial charge in [0.25, 0.3) is 5.92 Å². The number of nitriles is 1. The van der Waals surface area contributed by atoms with Crippen LogP contribution in [0.4, 0.5) is 28.4 Å². The summed E-state index contributed by atoms with van der Waals surface area (Å²) in [7, 11) is 1.34. The van der Waals surface area contributed by atoms with Crippen molar-refractivity contribution < 1.29 is 27.1 Å². The molecule has 2 unspecified atom stereocenters. The number of halogens is 5. The van der Waals surface area contributed by atoms with Gasteiger partial charge in [0.15, 0.2) is 5.82 Å². The van der Waals surface area contributed by atoms with Crippen molar-refractivity contribution in [3.63, 3.8) is 0 Å². The molecular weight excluding hydrogens is 608 g/mol. The Bertz CT molecular complexity index is 1910. The van der Waals surface area contributed by atoms with Crippen LogP contribution in [0.5, 0.6) is 6.01 Å². The number of methoxy groups -OCH3 is 1. The molecule has 8 nitrogen and oxygen atoms in total. The van der Waals surface area contributed by atoms with Gasteiger partial charge in [-0.1, -0.05) is 17.7 Å². The largest absolute Gasteiger partial charge is 0.467 e. The minimum atomic E-state index is -2.96. The fourth-order valence-electron chi connectivity index (χ4n) is 6.66. The Morgan fingerprint density at radius 3 is 2.72 bits per heavy atom. The second-order valence-corrected chi connectivity index (χ2v) is 12.7. The highest BCUT2D eigenvalue weighted by atomic mass is 35.5. The van der Waals surface area contributed by atoms with E-state index in [0.29, 0.717) is 44.7 Å². The number of alkyl halides is 2. The van der Waals surface area contributed by atoms with Crippen LogP contribution in [-0.4, -0.2) is 59.0 Å². The van der Waals surface area contributed by atoms with Crippen molar-refractivity contribution in [2.24, 2.45) is 5.92 Å². The number of nitrogen functional groups attached to an aromatic ring is 1. The average Bonchev–Trinajstić information content (AvgIpc) is 3.34. The number of carbonyl (C=O) groups is 1. The smallest absolute Gasteiger partial charge is 0.318 e. The predicted octanol–water partition coefficient (Wildman–Crippen LogP) is 6.13. The number of hydrogen-bond donors (Lipinski definition) is 1. The summed E-state index contributed by atoms with van der Waals surface area (Å²) in [6.45, 7) is 1.14. The molecule has 2 N–H and O–H groups in total. The number of nitrogens with zero attached hydrogens (tertiary/aromatic N) is 5. The van der Waals surface area contributed by atoms with Gasteiger partial charge in [0, 0.05) is 42.4 Å². The molecule has 43 heavy (non-hydrogen) atoms. The van der Waals surface area contributed by atoms with E-state index in [1.807, 2.05) is 11.0 Å². The molecule has 3 aliphatic rings. The Morgan fingerprint density at radius 2 is 2.02 bits per heavy atom. The number of amides is 1. The summed E-state index contributed by atoms with van der Waals surface area (Å²) in [5.41, 5.74) is 5.34. The summed E-state index contributed by atoms with van der Waals surface area (Å²) < 4.78 is 64.2. The predicted molar refractivity (Wildman–Crippen MR) is 155 cm³/mol. The molecule has 4 aromatic rings. The van der Waals surface area contributed by atoms with E-state index in [0.717, 1.165) is 17.4 Å². The molecular formula is C29H23ClF4N6O2S. The molecule has 1 saturated carbocycles. The SMILES string of the molecule is COc1nc(N2CCC3(CCCN3C(=O)C3CC3(F)F)C2)c2cc(Cl)c(-c3ccc(F)c4sc(N)c(C#N)c34)c(F)c2n1. The molecule has 1 amide bonds. The summed E-state index contributed by atoms with van der Waals surface area (Å²) in [5, 5.41) is 10.2. The normalized spacial score (nSPS) is 22.6. The third kappa shape index (κ3) is 4.10. The Hall–Kier alpha value is -3.89. The van der Waals surface area contributed by atoms with Crippen LogP contribution in [0.3, 0.4) is 0 Å². The van der Waals surface area contributed by atoms with E-state index in [1.165, 1.54) is 19.2 Å². The highest BCUT2D eigenvalue weighted by molar-refractivity contribution is 7.23. The zero-order valence-electron chi connectivity index (χ0n) is 22.7. The number of thiophene rings is 1. The zero-order chi connectivity index (χ0) is 30.4. The van der Waals surface area contributed by atoms with Crippen molar-refractivity contribution in [3.05, 3.63) is 40.4 Å². The number of ether oxygens (including phenoxy) is 1. The maximum atomic E-state index is 16.5. The average molecular weight is 631 g/mol. The quantitative estimate of drug-likeness (QED) is 0.270. The van der Waals surface area contributed by atoms with Crippen LogP contribution < -0.4 is 15.4 Å². The van der Waals surface area contributed by atoms with Gasteiger partial charge < -0.3 is 20.3 Å². The van der Waals surface area contributed by atoms with Crippen LogP contribution in [0.2, 0.25) is 5.02 Å². The number of hydrogen-bond acceptors (Lipinski definition) is 8. The molecule has 4 heterocycles. The number of rotatable bonds is 4. The van der Waals surface area contributed by atoms with Crippen LogP contribution in [0.1, 0.15) is 31.2 Å². The van der Waals surface area contributed by atoms with Crippen LogP contribution in [0.25, 0.3) is 32.1 Å². The third-order valence-electron chi connectivity index (χ3n) is 8.84. The first-order valence-electron chi connectivity index (χ1n) is 13.6. The first-order chi connectivity index (χ1) is 20.5. The van der Waals surface area contributed by atoms with Gasteiger partial charge in [0.05, 0.1) is 27.9 Å². The lowest BCUT2D eigenvalue weighted by Crippen LogP contribution is -2.50. The maximum Gasteiger partial charge on any atom is 0.318 e. The Balaban J connectivity index is 1.34. The summed E-state index contributed by atoms with van der Waals surface area (Å²) in [4.78, 5) is 25.3. The molecule has 2 aromatic carbocycles. The van der Waals surface area contributed by atoms with E-state index < -0.39 is 41.3 Å². The van der Waals surface area contributed by atoms with Gasteiger partial charge in [-0.3, -0.25) is 4.79 Å². The molecule has 2 aliphatic heterocycles. The van der Waals surface area contributed by atoms with Crippen LogP contribution in [0, 0.1) is 28.9 Å². The second kappa shape index (κ2) is 9.56. The topological polar surface area (TPSA) is 108 Å². The van der Waals surface area contributed by atoms with Crippen molar-refractivity contribution in [3.8, 4) is 23.2 Å². The molecule has 2 saturated heterocycles. The number of fused-ring (bicyclic) bond motifs is 2. The first kappa shape index (κ1) is 27.9. The van der Waals surface area contributed by atoms with Gasteiger partial charge in [0.1, 0.15) is 34.1 Å². The summed E-state index contributed by atoms with van der Waals surface area (Å²) in [5.74, 6) is -5.86. The van der Waals surface area contributed by atoms with E-state index >= 15 is 4.39 Å². The Labute approximate surface area is 251 Å². The lowest BCUT2D eigenvalue weighted by atomic mass is 9.94. The third-order valence-corrected chi connectivity index (χ3v) is 10.2. The molecule has 2 aromatic heterocycles. The van der Waals surface area contributed by atoms with Crippen molar-refractivity contribution in [2.45, 2.75) is 37.1 Å². The minimum absolute atomic E-state index is 0.0213. The van der Waals surface area contributed by atoms with Crippen LogP contribution in [0.15, 0.2) is 18.2 Å². The van der Waals surface area contributed by atoms with E-state index in [2.05, 4.69) is 9.97 Å². The molecule has 7 rings (SSSR count). The molecule has 222 valence electrons. The molecule has 0 bridgehead atoms. The molecule has 1 spiro atoms. The van der Waals surface area contributed by atoms with E-state index in [1.54, 1.807) is 4.90 Å². The highest BCUT2D eigenvalue weighted by Gasteiger charge is 2.64. The van der Waals surface area contributed by atoms with E-state index in [-0.39, 0.29) is 53.7 Å². The van der Waals surface area contributed by atoms with Gasteiger partial charge >= 0.3 is 6.01 Å². The minimum Gasteiger partial charge on any atom is -0.467 e. The van der Waals surface area contributed by atoms with Crippen LogP contribution >= 0.6 is 22.9 Å². The lowest BCUT2D eigenvalue weighted by molar-refractivity contribution is -0.138. The lowest BCUT2D eigenvalue weighted by Gasteiger charge is -2.35.